The molecule has 0 atom stereocenters. The standard InChI is InChI=1S/C20H21F3N4O4/c1-31-16-5-3-15(4-6-16)24-19(28)13-25-8-10-26(11-9-25)17-7-2-14(20(21,22)23)12-18(17)27(29)30/h2-7,12H,8-11,13H2,1H3,(H,24,28). The molecule has 11 heteroatoms. The van der Waals surface area contributed by atoms with Crippen LogP contribution in [0.1, 0.15) is 5.56 Å². The van der Waals surface area contributed by atoms with Crippen molar-refractivity contribution in [1.82, 2.24) is 4.90 Å². The lowest BCUT2D eigenvalue weighted by Gasteiger charge is -2.35. The lowest BCUT2D eigenvalue weighted by Crippen LogP contribution is -2.48. The largest absolute Gasteiger partial charge is 0.497 e. The molecule has 2 aromatic rings. The van der Waals surface area contributed by atoms with Crippen LogP contribution in [0.15, 0.2) is 42.5 Å². The van der Waals surface area contributed by atoms with Crippen LogP contribution >= 0.6 is 0 Å². The van der Waals surface area contributed by atoms with Crippen molar-refractivity contribution in [3.05, 3.63) is 58.1 Å². The summed E-state index contributed by atoms with van der Waals surface area (Å²) in [4.78, 5) is 26.3. The minimum absolute atomic E-state index is 0.134. The van der Waals surface area contributed by atoms with Crippen LogP contribution in [0, 0.1) is 10.1 Å². The van der Waals surface area contributed by atoms with Gasteiger partial charge in [-0.2, -0.15) is 13.2 Å². The molecule has 1 fully saturated rings. The van der Waals surface area contributed by atoms with E-state index in [1.165, 1.54) is 0 Å². The van der Waals surface area contributed by atoms with Crippen LogP contribution in [-0.2, 0) is 11.0 Å². The van der Waals surface area contributed by atoms with E-state index in [0.29, 0.717) is 43.7 Å². The van der Waals surface area contributed by atoms with Crippen molar-refractivity contribution in [2.45, 2.75) is 6.18 Å². The number of carbonyl (C=O) groups excluding carboxylic acids is 1. The molecule has 0 aromatic heterocycles. The van der Waals surface area contributed by atoms with E-state index in [1.807, 2.05) is 4.90 Å². The summed E-state index contributed by atoms with van der Waals surface area (Å²) in [6, 6.07) is 9.43. The van der Waals surface area contributed by atoms with Crippen molar-refractivity contribution < 1.29 is 27.6 Å². The number of piperazine rings is 1. The molecule has 1 saturated heterocycles. The number of carbonyl (C=O) groups is 1. The molecule has 1 N–H and O–H groups in total. The van der Waals surface area contributed by atoms with Crippen LogP contribution in [0.2, 0.25) is 0 Å². The van der Waals surface area contributed by atoms with E-state index in [0.717, 1.165) is 12.1 Å². The number of alkyl halides is 3. The van der Waals surface area contributed by atoms with Gasteiger partial charge in [-0.05, 0) is 36.4 Å². The monoisotopic (exact) mass is 438 g/mol. The summed E-state index contributed by atoms with van der Waals surface area (Å²) in [5, 5.41) is 14.1. The Morgan fingerprint density at radius 3 is 2.32 bits per heavy atom. The highest BCUT2D eigenvalue weighted by molar-refractivity contribution is 5.92. The lowest BCUT2D eigenvalue weighted by molar-refractivity contribution is -0.384. The van der Waals surface area contributed by atoms with E-state index in [-0.39, 0.29) is 18.1 Å². The summed E-state index contributed by atoms with van der Waals surface area (Å²) in [5.41, 5.74) is -0.873. The third kappa shape index (κ3) is 5.63. The number of nitrogens with zero attached hydrogens (tertiary/aromatic N) is 3. The SMILES string of the molecule is COc1ccc(NC(=O)CN2CCN(c3ccc(C(F)(F)F)cc3[N+](=O)[O-])CC2)cc1. The Labute approximate surface area is 176 Å². The highest BCUT2D eigenvalue weighted by atomic mass is 19.4. The van der Waals surface area contributed by atoms with E-state index >= 15 is 0 Å². The molecule has 1 amide bonds. The number of nitro benzene ring substituents is 1. The molecule has 0 radical (unpaired) electrons. The molecule has 0 bridgehead atoms. The minimum Gasteiger partial charge on any atom is -0.497 e. The second kappa shape index (κ2) is 9.21. The van der Waals surface area contributed by atoms with Gasteiger partial charge in [0, 0.05) is 37.9 Å². The van der Waals surface area contributed by atoms with Gasteiger partial charge in [0.15, 0.2) is 0 Å². The summed E-state index contributed by atoms with van der Waals surface area (Å²) >= 11 is 0. The van der Waals surface area contributed by atoms with Crippen LogP contribution in [0.4, 0.5) is 30.2 Å². The van der Waals surface area contributed by atoms with E-state index in [1.54, 1.807) is 36.3 Å². The van der Waals surface area contributed by atoms with Crippen molar-refractivity contribution in [2.24, 2.45) is 0 Å². The Kier molecular flexibility index (Phi) is 6.64. The average molecular weight is 438 g/mol. The number of hydrogen-bond acceptors (Lipinski definition) is 6. The van der Waals surface area contributed by atoms with Crippen LogP contribution in [0.25, 0.3) is 0 Å². The molecule has 166 valence electrons. The summed E-state index contributed by atoms with van der Waals surface area (Å²) in [7, 11) is 1.55. The topological polar surface area (TPSA) is 88.0 Å². The van der Waals surface area contributed by atoms with Gasteiger partial charge < -0.3 is 15.0 Å². The molecule has 1 aliphatic heterocycles. The minimum atomic E-state index is -4.65. The van der Waals surface area contributed by atoms with Gasteiger partial charge in [0.2, 0.25) is 5.91 Å². The number of benzene rings is 2. The maximum atomic E-state index is 12.9. The number of ether oxygens (including phenoxy) is 1. The number of nitro groups is 1. The van der Waals surface area contributed by atoms with E-state index < -0.39 is 22.4 Å². The zero-order valence-corrected chi connectivity index (χ0v) is 16.7. The molecule has 8 nitrogen and oxygen atoms in total. The molecular weight excluding hydrogens is 417 g/mol. The maximum absolute atomic E-state index is 12.9. The second-order valence-corrected chi connectivity index (χ2v) is 7.00. The molecule has 0 aliphatic carbocycles. The first kappa shape index (κ1) is 22.3. The fourth-order valence-corrected chi connectivity index (χ4v) is 3.34. The van der Waals surface area contributed by atoms with E-state index in [9.17, 15) is 28.1 Å². The molecule has 2 aromatic carbocycles. The number of rotatable bonds is 6. The Hall–Kier alpha value is -3.34. The Balaban J connectivity index is 1.59. The van der Waals surface area contributed by atoms with Crippen LogP contribution in [0.5, 0.6) is 5.75 Å². The summed E-state index contributed by atoms with van der Waals surface area (Å²) in [6.07, 6.45) is -4.65. The molecule has 0 unspecified atom stereocenters. The smallest absolute Gasteiger partial charge is 0.416 e. The normalized spacial score (nSPS) is 14.9. The Morgan fingerprint density at radius 2 is 1.77 bits per heavy atom. The first-order chi connectivity index (χ1) is 14.7. The summed E-state index contributed by atoms with van der Waals surface area (Å²) in [6.45, 7) is 1.71. The highest BCUT2D eigenvalue weighted by Crippen LogP contribution is 2.36. The van der Waals surface area contributed by atoms with Gasteiger partial charge in [-0.15, -0.1) is 0 Å². The van der Waals surface area contributed by atoms with Gasteiger partial charge in [0.1, 0.15) is 11.4 Å². The van der Waals surface area contributed by atoms with Gasteiger partial charge in [-0.1, -0.05) is 0 Å². The fourth-order valence-electron chi connectivity index (χ4n) is 3.34. The molecule has 0 spiro atoms. The van der Waals surface area contributed by atoms with Gasteiger partial charge in [0.25, 0.3) is 5.69 Å². The Bertz CT molecular complexity index is 942. The van der Waals surface area contributed by atoms with Crippen LogP contribution < -0.4 is 15.0 Å². The zero-order chi connectivity index (χ0) is 22.6. The van der Waals surface area contributed by atoms with Gasteiger partial charge in [0.05, 0.1) is 24.1 Å². The zero-order valence-electron chi connectivity index (χ0n) is 16.7. The maximum Gasteiger partial charge on any atom is 0.416 e. The predicted octanol–water partition coefficient (Wildman–Crippen LogP) is 3.38. The van der Waals surface area contributed by atoms with Crippen molar-refractivity contribution >= 4 is 23.0 Å². The molecule has 1 aliphatic rings. The number of anilines is 2. The molecule has 1 heterocycles. The van der Waals surface area contributed by atoms with Crippen LogP contribution in [0.3, 0.4) is 0 Å². The number of methoxy groups -OCH3 is 1. The first-order valence-corrected chi connectivity index (χ1v) is 9.44. The molecular formula is C20H21F3N4O4. The average Bonchev–Trinajstić information content (AvgIpc) is 2.73. The van der Waals surface area contributed by atoms with Gasteiger partial charge >= 0.3 is 6.18 Å². The number of amides is 1. The summed E-state index contributed by atoms with van der Waals surface area (Å²) in [5.74, 6) is 0.464. The summed E-state index contributed by atoms with van der Waals surface area (Å²) < 4.78 is 43.7. The Morgan fingerprint density at radius 1 is 1.13 bits per heavy atom. The highest BCUT2D eigenvalue weighted by Gasteiger charge is 2.34. The quantitative estimate of drug-likeness (QED) is 0.550. The third-order valence-corrected chi connectivity index (χ3v) is 4.95. The third-order valence-electron chi connectivity index (χ3n) is 4.95. The molecule has 0 saturated carbocycles. The number of hydrogen-bond donors (Lipinski definition) is 1. The molecule has 31 heavy (non-hydrogen) atoms. The number of halogens is 3. The van der Waals surface area contributed by atoms with Crippen molar-refractivity contribution in [1.29, 1.82) is 0 Å². The van der Waals surface area contributed by atoms with Gasteiger partial charge in [-0.25, -0.2) is 0 Å². The predicted molar refractivity (Wildman–Crippen MR) is 108 cm³/mol. The first-order valence-electron chi connectivity index (χ1n) is 9.44. The van der Waals surface area contributed by atoms with Crippen molar-refractivity contribution in [3.8, 4) is 5.75 Å². The second-order valence-electron chi connectivity index (χ2n) is 7.00. The van der Waals surface area contributed by atoms with Crippen molar-refractivity contribution in [2.75, 3.05) is 50.1 Å². The number of nitrogens with one attached hydrogen (secondary N) is 1. The van der Waals surface area contributed by atoms with E-state index in [4.69, 9.17) is 4.74 Å². The lowest BCUT2D eigenvalue weighted by atomic mass is 10.1. The van der Waals surface area contributed by atoms with Crippen molar-refractivity contribution in [3.63, 3.8) is 0 Å². The fraction of sp³-hybridized carbons (Fsp3) is 0.350. The molecule has 3 rings (SSSR count). The van der Waals surface area contributed by atoms with E-state index in [2.05, 4.69) is 5.32 Å². The van der Waals surface area contributed by atoms with Crippen LogP contribution in [-0.4, -0.2) is 55.6 Å². The van der Waals surface area contributed by atoms with Gasteiger partial charge in [-0.3, -0.25) is 19.8 Å².